The van der Waals surface area contributed by atoms with Crippen LogP contribution in [-0.2, 0) is 23.8 Å². The SMILES string of the molecule is CC(C)(C)OC(=O)N[C@@H](CSC(c1ccccc1)(c1ccccc1)c1ccccc1)C(=O)O.COC(=O)[C@H](CCSC)NC(=O)c1ccc(N)c(OC)c1. The molecule has 5 N–H and O–H groups in total. The van der Waals surface area contributed by atoms with Gasteiger partial charge in [0, 0.05) is 11.3 Å². The molecule has 0 saturated carbocycles. The lowest BCUT2D eigenvalue weighted by Crippen LogP contribution is -2.45. The molecule has 0 aliphatic heterocycles. The number of alkyl carbamates (subject to hydrolysis) is 1. The fourth-order valence-electron chi connectivity index (χ4n) is 5.32. The molecule has 2 amide bonds. The summed E-state index contributed by atoms with van der Waals surface area (Å²) in [6.45, 7) is 5.22. The lowest BCUT2D eigenvalue weighted by molar-refractivity contribution is -0.143. The Morgan fingerprint density at radius 2 is 1.30 bits per heavy atom. The molecule has 0 aliphatic carbocycles. The first-order chi connectivity index (χ1) is 25.7. The van der Waals surface area contributed by atoms with Crippen LogP contribution in [0, 0.1) is 0 Å². The van der Waals surface area contributed by atoms with Gasteiger partial charge in [0.15, 0.2) is 0 Å². The summed E-state index contributed by atoms with van der Waals surface area (Å²) >= 11 is 3.07. The van der Waals surface area contributed by atoms with Crippen molar-refractivity contribution in [3.05, 3.63) is 131 Å². The largest absolute Gasteiger partial charge is 0.495 e. The second-order valence-electron chi connectivity index (χ2n) is 12.9. The van der Waals surface area contributed by atoms with E-state index in [1.807, 2.05) is 97.3 Å². The lowest BCUT2D eigenvalue weighted by atomic mass is 9.84. The molecule has 0 heterocycles. The number of amides is 2. The molecule has 0 saturated heterocycles. The third-order valence-corrected chi connectivity index (χ3v) is 10.2. The Morgan fingerprint density at radius 1 is 0.778 bits per heavy atom. The number of nitrogens with two attached hydrogens (primary N) is 1. The number of hydrogen-bond acceptors (Lipinski definition) is 10. The number of esters is 1. The van der Waals surface area contributed by atoms with Gasteiger partial charge < -0.3 is 35.7 Å². The van der Waals surface area contributed by atoms with E-state index in [-0.39, 0.29) is 11.7 Å². The van der Waals surface area contributed by atoms with Crippen molar-refractivity contribution >= 4 is 53.2 Å². The number of ether oxygens (including phenoxy) is 3. The standard InChI is InChI=1S/C27H29NO4S.C14H20N2O4S/c1-26(2,3)32-25(31)28-23(24(29)30)19-33-27(20-13-7-4-8-14-20,21-15-9-5-10-16-21)22-17-11-6-12-18-22;1-19-12-8-9(4-5-10(12)15)13(17)16-11(6-7-21-3)14(18)20-2/h4-18,23H,19H2,1-3H3,(H,28,31)(H,29,30);4-5,8,11H,6-7,15H2,1-3H3,(H,16,17)/t23-;11-/m00/s1. The zero-order valence-corrected chi connectivity index (χ0v) is 33.0. The Labute approximate surface area is 325 Å². The number of carboxylic acid groups (broad SMARTS) is 1. The molecule has 4 rings (SSSR count). The second kappa shape index (κ2) is 20.9. The summed E-state index contributed by atoms with van der Waals surface area (Å²) in [5, 5.41) is 15.0. The summed E-state index contributed by atoms with van der Waals surface area (Å²) in [5.41, 5.74) is 8.87. The van der Waals surface area contributed by atoms with Gasteiger partial charge in [-0.05, 0) is 74.1 Å². The van der Waals surface area contributed by atoms with Gasteiger partial charge in [-0.25, -0.2) is 14.4 Å². The van der Waals surface area contributed by atoms with E-state index in [4.69, 9.17) is 19.9 Å². The van der Waals surface area contributed by atoms with Crippen LogP contribution in [0.3, 0.4) is 0 Å². The van der Waals surface area contributed by atoms with Crippen molar-refractivity contribution in [1.29, 1.82) is 0 Å². The van der Waals surface area contributed by atoms with E-state index in [1.165, 1.54) is 32.0 Å². The van der Waals surface area contributed by atoms with E-state index in [2.05, 4.69) is 10.6 Å². The van der Waals surface area contributed by atoms with Crippen molar-refractivity contribution in [2.45, 2.75) is 49.6 Å². The fourth-order valence-corrected chi connectivity index (χ4v) is 7.34. The number of hydrogen-bond donors (Lipinski definition) is 4. The van der Waals surface area contributed by atoms with E-state index in [9.17, 15) is 24.3 Å². The minimum Gasteiger partial charge on any atom is -0.495 e. The number of thioether (sulfide) groups is 2. The molecule has 54 heavy (non-hydrogen) atoms. The number of carboxylic acids is 1. The summed E-state index contributed by atoms with van der Waals surface area (Å²) in [6, 6.07) is 32.9. The maximum Gasteiger partial charge on any atom is 0.408 e. The Kier molecular flexibility index (Phi) is 16.8. The summed E-state index contributed by atoms with van der Waals surface area (Å²) in [4.78, 5) is 48.2. The van der Waals surface area contributed by atoms with Crippen LogP contribution in [0.1, 0.15) is 54.2 Å². The summed E-state index contributed by atoms with van der Waals surface area (Å²) in [5.74, 6) is -0.652. The molecule has 0 fully saturated rings. The van der Waals surface area contributed by atoms with Crippen molar-refractivity contribution in [3.63, 3.8) is 0 Å². The zero-order valence-electron chi connectivity index (χ0n) is 31.4. The fraction of sp³-hybridized carbons (Fsp3) is 0.317. The average molecular weight is 776 g/mol. The van der Waals surface area contributed by atoms with Gasteiger partial charge in [-0.2, -0.15) is 11.8 Å². The number of carbonyl (C=O) groups excluding carboxylic acids is 3. The number of nitrogen functional groups attached to an aromatic ring is 1. The van der Waals surface area contributed by atoms with Crippen LogP contribution in [0.15, 0.2) is 109 Å². The normalized spacial score (nSPS) is 12.2. The Hall–Kier alpha value is -5.14. The van der Waals surface area contributed by atoms with Crippen molar-refractivity contribution < 1.29 is 38.5 Å². The predicted octanol–water partition coefficient (Wildman–Crippen LogP) is 6.99. The Bertz CT molecular complexity index is 1710. The maximum absolute atomic E-state index is 12.3. The Balaban J connectivity index is 0.000000322. The van der Waals surface area contributed by atoms with Crippen LogP contribution in [-0.4, -0.2) is 78.7 Å². The van der Waals surface area contributed by atoms with Crippen molar-refractivity contribution in [3.8, 4) is 5.75 Å². The topological polar surface area (TPSA) is 166 Å². The molecule has 0 unspecified atom stereocenters. The Morgan fingerprint density at radius 3 is 1.72 bits per heavy atom. The molecule has 0 bridgehead atoms. The van der Waals surface area contributed by atoms with Gasteiger partial charge in [0.05, 0.1) is 24.7 Å². The number of nitrogens with one attached hydrogen (secondary N) is 2. The smallest absolute Gasteiger partial charge is 0.408 e. The summed E-state index contributed by atoms with van der Waals surface area (Å²) < 4.78 is 14.4. The highest BCUT2D eigenvalue weighted by Crippen LogP contribution is 2.48. The van der Waals surface area contributed by atoms with E-state index >= 15 is 0 Å². The molecule has 13 heteroatoms. The third-order valence-electron chi connectivity index (χ3n) is 7.89. The number of methoxy groups -OCH3 is 2. The highest BCUT2D eigenvalue weighted by molar-refractivity contribution is 8.00. The molecule has 0 aliphatic rings. The maximum atomic E-state index is 12.3. The molecule has 4 aromatic carbocycles. The molecule has 288 valence electrons. The molecule has 0 spiro atoms. The minimum absolute atomic E-state index is 0.132. The zero-order chi connectivity index (χ0) is 39.7. The van der Waals surface area contributed by atoms with Crippen LogP contribution in [0.25, 0.3) is 0 Å². The predicted molar refractivity (Wildman–Crippen MR) is 216 cm³/mol. The third kappa shape index (κ3) is 12.5. The quantitative estimate of drug-likeness (QED) is 0.0559. The van der Waals surface area contributed by atoms with E-state index in [0.29, 0.717) is 23.4 Å². The first kappa shape index (κ1) is 43.3. The molecule has 0 radical (unpaired) electrons. The van der Waals surface area contributed by atoms with Crippen LogP contribution in [0.5, 0.6) is 5.75 Å². The monoisotopic (exact) mass is 775 g/mol. The van der Waals surface area contributed by atoms with Gasteiger partial charge >= 0.3 is 18.0 Å². The number of rotatable bonds is 15. The second-order valence-corrected chi connectivity index (χ2v) is 15.1. The van der Waals surface area contributed by atoms with Gasteiger partial charge in [0.25, 0.3) is 5.91 Å². The van der Waals surface area contributed by atoms with E-state index < -0.39 is 40.5 Å². The van der Waals surface area contributed by atoms with Crippen molar-refractivity contribution in [2.24, 2.45) is 0 Å². The van der Waals surface area contributed by atoms with Gasteiger partial charge in [-0.1, -0.05) is 91.0 Å². The molecular weight excluding hydrogens is 727 g/mol. The highest BCUT2D eigenvalue weighted by atomic mass is 32.2. The molecular formula is C41H49N3O8S2. The van der Waals surface area contributed by atoms with Crippen molar-refractivity contribution in [1.82, 2.24) is 10.6 Å². The van der Waals surface area contributed by atoms with Gasteiger partial charge in [-0.15, -0.1) is 11.8 Å². The number of benzene rings is 4. The summed E-state index contributed by atoms with van der Waals surface area (Å²) in [6.07, 6.45) is 1.69. The van der Waals surface area contributed by atoms with Crippen LogP contribution in [0.4, 0.5) is 10.5 Å². The lowest BCUT2D eigenvalue weighted by Gasteiger charge is -2.36. The van der Waals surface area contributed by atoms with Crippen LogP contribution in [0.2, 0.25) is 0 Å². The number of anilines is 1. The number of aliphatic carboxylic acids is 1. The average Bonchev–Trinajstić information content (AvgIpc) is 3.16. The van der Waals surface area contributed by atoms with Gasteiger partial charge in [-0.3, -0.25) is 4.79 Å². The van der Waals surface area contributed by atoms with Crippen molar-refractivity contribution in [2.75, 3.05) is 37.7 Å². The first-order valence-electron chi connectivity index (χ1n) is 17.1. The summed E-state index contributed by atoms with van der Waals surface area (Å²) in [7, 11) is 2.77. The van der Waals surface area contributed by atoms with Gasteiger partial charge in [0.1, 0.15) is 23.4 Å². The molecule has 4 aromatic rings. The highest BCUT2D eigenvalue weighted by Gasteiger charge is 2.39. The molecule has 0 aromatic heterocycles. The number of carbonyl (C=O) groups is 4. The van der Waals surface area contributed by atoms with E-state index in [1.54, 1.807) is 44.7 Å². The van der Waals surface area contributed by atoms with Crippen LogP contribution >= 0.6 is 23.5 Å². The minimum atomic E-state index is -1.12. The molecule has 2 atom stereocenters. The first-order valence-corrected chi connectivity index (χ1v) is 19.5. The van der Waals surface area contributed by atoms with Gasteiger partial charge in [0.2, 0.25) is 0 Å². The van der Waals surface area contributed by atoms with Crippen LogP contribution < -0.4 is 21.1 Å². The van der Waals surface area contributed by atoms with E-state index in [0.717, 1.165) is 22.4 Å². The molecule has 11 nitrogen and oxygen atoms in total.